The molecule has 0 bridgehead atoms. The van der Waals surface area contributed by atoms with Crippen LogP contribution in [-0.2, 0) is 32.7 Å². The molecule has 0 radical (unpaired) electrons. The van der Waals surface area contributed by atoms with E-state index in [1.807, 2.05) is 0 Å². The van der Waals surface area contributed by atoms with Gasteiger partial charge in [0.15, 0.2) is 6.10 Å². The van der Waals surface area contributed by atoms with E-state index in [0.29, 0.717) is 6.42 Å². The molecule has 0 saturated heterocycles. The van der Waals surface area contributed by atoms with E-state index >= 15 is 0 Å². The third-order valence-electron chi connectivity index (χ3n) is 14.6. The summed E-state index contributed by atoms with van der Waals surface area (Å²) in [5, 5.41) is 0. The first-order chi connectivity index (χ1) is 38.8. The molecule has 0 heterocycles. The summed E-state index contributed by atoms with van der Waals surface area (Å²) in [4.78, 5) is 35.3. The van der Waals surface area contributed by atoms with Crippen molar-refractivity contribution in [3.8, 4) is 0 Å². The van der Waals surface area contributed by atoms with Crippen LogP contribution in [0.5, 0.6) is 0 Å². The lowest BCUT2D eigenvalue weighted by atomic mass is 10.0. The Balaban J connectivity index is 3.81. The fraction of sp³-hybridized carbons (Fsp3) is 0.797. The van der Waals surface area contributed by atoms with E-state index in [-0.39, 0.29) is 38.6 Å². The minimum atomic E-state index is -4.39. The van der Waals surface area contributed by atoms with Crippen LogP contribution in [0.15, 0.2) is 72.9 Å². The van der Waals surface area contributed by atoms with E-state index in [0.717, 1.165) is 70.6 Å². The molecule has 0 aliphatic heterocycles. The zero-order chi connectivity index (χ0) is 57.3. The smallest absolute Gasteiger partial charge is 0.462 e. The van der Waals surface area contributed by atoms with Crippen LogP contribution in [0.2, 0.25) is 0 Å². The highest BCUT2D eigenvalue weighted by Gasteiger charge is 2.26. The molecule has 0 aliphatic carbocycles. The number of phosphoric ester groups is 1. The molecular weight excluding hydrogens is 1000 g/mol. The molecule has 9 nitrogen and oxygen atoms in total. The predicted octanol–water partition coefficient (Wildman–Crippen LogP) is 21.6. The molecule has 460 valence electrons. The third-order valence-corrected chi connectivity index (χ3v) is 15.6. The van der Waals surface area contributed by atoms with E-state index < -0.39 is 26.5 Å². The second-order valence-corrected chi connectivity index (χ2v) is 23.8. The first-order valence-electron chi connectivity index (χ1n) is 33.4. The molecule has 0 aliphatic rings. The molecule has 0 aromatic heterocycles. The van der Waals surface area contributed by atoms with Gasteiger partial charge >= 0.3 is 19.8 Å². The van der Waals surface area contributed by atoms with Crippen molar-refractivity contribution in [3.05, 3.63) is 72.9 Å². The van der Waals surface area contributed by atoms with E-state index in [1.54, 1.807) is 0 Å². The quantitative estimate of drug-likeness (QED) is 0.0264. The SMILES string of the molecule is CC/C=C\C/C=C\C/C=C\C/C=C\C/C=C\C/C=C\CCCCCCCCCCCCCCCCCCCCCCC(=O)OC(COC(=O)CCCCCCCCCCCCCCCCCCCCC)COP(=O)(O)OCCN. The predicted molar refractivity (Wildman–Crippen MR) is 339 cm³/mol. The molecule has 10 heteroatoms. The molecule has 2 unspecified atom stereocenters. The number of ether oxygens (including phenoxy) is 2. The number of carbonyl (C=O) groups excluding carboxylic acids is 2. The molecule has 79 heavy (non-hydrogen) atoms. The molecule has 0 aromatic carbocycles. The lowest BCUT2D eigenvalue weighted by Gasteiger charge is -2.19. The average Bonchev–Trinajstić information content (AvgIpc) is 3.44. The van der Waals surface area contributed by atoms with Gasteiger partial charge in [0.2, 0.25) is 0 Å². The molecule has 0 fully saturated rings. The number of allylic oxidation sites excluding steroid dienone is 12. The summed E-state index contributed by atoms with van der Waals surface area (Å²) in [5.41, 5.74) is 5.39. The van der Waals surface area contributed by atoms with E-state index in [1.165, 1.54) is 218 Å². The van der Waals surface area contributed by atoms with Crippen molar-refractivity contribution in [2.75, 3.05) is 26.4 Å². The van der Waals surface area contributed by atoms with Crippen LogP contribution in [0, 0.1) is 0 Å². The van der Waals surface area contributed by atoms with Gasteiger partial charge < -0.3 is 20.1 Å². The van der Waals surface area contributed by atoms with Crippen molar-refractivity contribution in [1.29, 1.82) is 0 Å². The fourth-order valence-corrected chi connectivity index (χ4v) is 10.5. The summed E-state index contributed by atoms with van der Waals surface area (Å²) in [7, 11) is -4.39. The van der Waals surface area contributed by atoms with Crippen molar-refractivity contribution in [2.45, 2.75) is 328 Å². The van der Waals surface area contributed by atoms with Crippen LogP contribution in [0.3, 0.4) is 0 Å². The van der Waals surface area contributed by atoms with Gasteiger partial charge in [-0.05, 0) is 64.2 Å². The third kappa shape index (κ3) is 64.5. The largest absolute Gasteiger partial charge is 0.472 e. The van der Waals surface area contributed by atoms with Gasteiger partial charge in [-0.1, -0.05) is 318 Å². The zero-order valence-corrected chi connectivity index (χ0v) is 52.5. The van der Waals surface area contributed by atoms with Gasteiger partial charge in [-0.15, -0.1) is 0 Å². The van der Waals surface area contributed by atoms with Crippen LogP contribution in [0.1, 0.15) is 322 Å². The van der Waals surface area contributed by atoms with Gasteiger partial charge in [0.05, 0.1) is 13.2 Å². The van der Waals surface area contributed by atoms with Gasteiger partial charge in [0.1, 0.15) is 6.61 Å². The lowest BCUT2D eigenvalue weighted by molar-refractivity contribution is -0.161. The van der Waals surface area contributed by atoms with E-state index in [9.17, 15) is 19.0 Å². The Hall–Kier alpha value is -2.55. The highest BCUT2D eigenvalue weighted by Crippen LogP contribution is 2.43. The number of carbonyl (C=O) groups is 2. The van der Waals surface area contributed by atoms with Crippen LogP contribution < -0.4 is 5.73 Å². The Bertz CT molecular complexity index is 1520. The molecular formula is C69H126NO8P. The van der Waals surface area contributed by atoms with Crippen molar-refractivity contribution in [3.63, 3.8) is 0 Å². The topological polar surface area (TPSA) is 134 Å². The molecule has 3 N–H and O–H groups in total. The van der Waals surface area contributed by atoms with E-state index in [2.05, 4.69) is 86.8 Å². The Kier molecular flexibility index (Phi) is 62.5. The number of phosphoric acid groups is 1. The summed E-state index contributed by atoms with van der Waals surface area (Å²) < 4.78 is 33.1. The average molecular weight is 1130 g/mol. The van der Waals surface area contributed by atoms with Gasteiger partial charge in [-0.25, -0.2) is 4.57 Å². The van der Waals surface area contributed by atoms with Crippen LogP contribution in [-0.4, -0.2) is 49.3 Å². The summed E-state index contributed by atoms with van der Waals surface area (Å²) >= 11 is 0. The Morgan fingerprint density at radius 3 is 1.04 bits per heavy atom. The summed E-state index contributed by atoms with van der Waals surface area (Å²) in [6.45, 7) is 3.68. The number of hydrogen-bond donors (Lipinski definition) is 2. The van der Waals surface area contributed by atoms with Crippen molar-refractivity contribution >= 4 is 19.8 Å². The van der Waals surface area contributed by atoms with Crippen LogP contribution in [0.25, 0.3) is 0 Å². The van der Waals surface area contributed by atoms with Crippen LogP contribution >= 0.6 is 7.82 Å². The molecule has 0 amide bonds. The number of rotatable bonds is 63. The molecule has 0 rings (SSSR count). The second-order valence-electron chi connectivity index (χ2n) is 22.3. The fourth-order valence-electron chi connectivity index (χ4n) is 9.70. The van der Waals surface area contributed by atoms with Gasteiger partial charge in [-0.3, -0.25) is 18.6 Å². The van der Waals surface area contributed by atoms with E-state index in [4.69, 9.17) is 24.3 Å². The van der Waals surface area contributed by atoms with Gasteiger partial charge in [0, 0.05) is 19.4 Å². The maximum Gasteiger partial charge on any atom is 0.472 e. The number of esters is 2. The normalized spacial score (nSPS) is 13.4. The van der Waals surface area contributed by atoms with Crippen LogP contribution in [0.4, 0.5) is 0 Å². The minimum Gasteiger partial charge on any atom is -0.462 e. The Morgan fingerprint density at radius 1 is 0.392 bits per heavy atom. The zero-order valence-electron chi connectivity index (χ0n) is 51.6. The van der Waals surface area contributed by atoms with Crippen molar-refractivity contribution < 1.29 is 37.6 Å². The number of nitrogens with two attached hydrogens (primary N) is 1. The molecule has 0 aromatic rings. The standard InChI is InChI=1S/C69H126NO8P/c1-3-5-7-9-11-13-15-17-19-21-23-24-25-26-27-28-29-30-31-32-33-34-35-36-37-38-39-40-41-42-44-46-48-50-52-54-56-58-60-62-69(72)78-67(66-77-79(73,74)76-64-63-70)65-75-68(71)61-59-57-55-53-51-49-47-45-43-22-20-18-16-14-12-10-8-6-4-2/h5,7,11,13,17,19,23-24,26-27,29-30,67H,3-4,6,8-10,12,14-16,18,20-22,25,28,31-66,70H2,1-2H3,(H,73,74)/b7-5-,13-11-,19-17-,24-23-,27-26-,30-29-. The Morgan fingerprint density at radius 2 is 0.696 bits per heavy atom. The summed E-state index contributed by atoms with van der Waals surface area (Å²) in [6.07, 6.45) is 84.2. The molecule has 0 spiro atoms. The molecule has 0 saturated carbocycles. The van der Waals surface area contributed by atoms with Gasteiger partial charge in [0.25, 0.3) is 0 Å². The maximum absolute atomic E-state index is 12.7. The maximum atomic E-state index is 12.7. The van der Waals surface area contributed by atoms with Crippen molar-refractivity contribution in [2.24, 2.45) is 5.73 Å². The highest BCUT2D eigenvalue weighted by atomic mass is 31.2. The summed E-state index contributed by atoms with van der Waals surface area (Å²) in [5.74, 6) is -0.810. The minimum absolute atomic E-state index is 0.0548. The lowest BCUT2D eigenvalue weighted by Crippen LogP contribution is -2.29. The number of hydrogen-bond acceptors (Lipinski definition) is 8. The van der Waals surface area contributed by atoms with Gasteiger partial charge in [-0.2, -0.15) is 0 Å². The van der Waals surface area contributed by atoms with Crippen molar-refractivity contribution in [1.82, 2.24) is 0 Å². The number of unbranched alkanes of at least 4 members (excludes halogenated alkanes) is 38. The second kappa shape index (κ2) is 64.6. The summed E-state index contributed by atoms with van der Waals surface area (Å²) in [6, 6.07) is 0. The first kappa shape index (κ1) is 76.5. The Labute approximate surface area is 488 Å². The highest BCUT2D eigenvalue weighted by molar-refractivity contribution is 7.47. The monoisotopic (exact) mass is 1130 g/mol. The molecule has 2 atom stereocenters. The first-order valence-corrected chi connectivity index (χ1v) is 34.9.